The summed E-state index contributed by atoms with van der Waals surface area (Å²) in [7, 11) is 0. The zero-order valence-corrected chi connectivity index (χ0v) is 13.8. The monoisotopic (exact) mass is 291 g/mol. The Kier molecular flexibility index (Phi) is 4.30. The topological polar surface area (TPSA) is 12.4 Å². The summed E-state index contributed by atoms with van der Waals surface area (Å²) in [4.78, 5) is 4.89. The predicted octanol–water partition coefficient (Wildman–Crippen LogP) is 4.91. The molecule has 20 heavy (non-hydrogen) atoms. The fraction of sp³-hybridized carbons (Fsp3) is 0.611. The molecule has 3 aliphatic rings. The summed E-state index contributed by atoms with van der Waals surface area (Å²) < 4.78 is 0. The molecule has 1 nitrogen and oxygen atoms in total. The Hall–Kier alpha value is -0.820. The van der Waals surface area contributed by atoms with Crippen LogP contribution in [0.5, 0.6) is 0 Å². The minimum atomic E-state index is 0. The highest BCUT2D eigenvalue weighted by molar-refractivity contribution is 5.85. The van der Waals surface area contributed by atoms with Gasteiger partial charge in [0.2, 0.25) is 0 Å². The number of hydrogen-bond acceptors (Lipinski definition) is 1. The quantitative estimate of drug-likeness (QED) is 0.687. The number of halogens is 1. The summed E-state index contributed by atoms with van der Waals surface area (Å²) >= 11 is 0. The lowest BCUT2D eigenvalue weighted by atomic mass is 9.45. The van der Waals surface area contributed by atoms with Crippen LogP contribution in [0.2, 0.25) is 0 Å². The van der Waals surface area contributed by atoms with E-state index in [-0.39, 0.29) is 12.4 Å². The molecule has 3 aliphatic carbocycles. The van der Waals surface area contributed by atoms with Gasteiger partial charge in [-0.1, -0.05) is 50.6 Å². The van der Waals surface area contributed by atoms with Crippen LogP contribution >= 0.6 is 12.4 Å². The fourth-order valence-corrected chi connectivity index (χ4v) is 4.15. The number of benzene rings is 1. The molecule has 4 atom stereocenters. The Morgan fingerprint density at radius 2 is 1.80 bits per heavy atom. The SMILES string of the molecule is Cc1ccc(C=N[C@@H]2C[C@@H]3C[C@H]([C@H]2C)C3(C)C)cc1.Cl. The van der Waals surface area contributed by atoms with Crippen LogP contribution in [0.4, 0.5) is 0 Å². The summed E-state index contributed by atoms with van der Waals surface area (Å²) in [6, 6.07) is 9.19. The Labute approximate surface area is 129 Å². The normalized spacial score (nSPS) is 34.4. The first-order valence-electron chi connectivity index (χ1n) is 7.58. The van der Waals surface area contributed by atoms with Crippen LogP contribution in [0.25, 0.3) is 0 Å². The molecule has 3 fully saturated rings. The van der Waals surface area contributed by atoms with E-state index in [1.54, 1.807) is 0 Å². The Morgan fingerprint density at radius 3 is 2.35 bits per heavy atom. The predicted molar refractivity (Wildman–Crippen MR) is 89.0 cm³/mol. The molecular formula is C18H26ClN. The summed E-state index contributed by atoms with van der Waals surface area (Å²) in [5.74, 6) is 2.52. The molecule has 0 aromatic heterocycles. The second-order valence-corrected chi connectivity index (χ2v) is 7.21. The largest absolute Gasteiger partial charge is 0.289 e. The van der Waals surface area contributed by atoms with Crippen molar-refractivity contribution in [2.24, 2.45) is 28.2 Å². The van der Waals surface area contributed by atoms with Crippen molar-refractivity contribution in [1.82, 2.24) is 0 Å². The molecule has 0 spiro atoms. The van der Waals surface area contributed by atoms with Crippen molar-refractivity contribution in [2.75, 3.05) is 0 Å². The minimum Gasteiger partial charge on any atom is -0.289 e. The maximum absolute atomic E-state index is 4.89. The van der Waals surface area contributed by atoms with Crippen molar-refractivity contribution < 1.29 is 0 Å². The summed E-state index contributed by atoms with van der Waals surface area (Å²) in [6.45, 7) is 9.42. The van der Waals surface area contributed by atoms with E-state index in [4.69, 9.17) is 4.99 Å². The minimum absolute atomic E-state index is 0. The average molecular weight is 292 g/mol. The van der Waals surface area contributed by atoms with E-state index in [9.17, 15) is 0 Å². The molecule has 0 unspecified atom stereocenters. The lowest BCUT2D eigenvalue weighted by Gasteiger charge is -2.61. The number of nitrogens with zero attached hydrogens (tertiary/aromatic N) is 1. The van der Waals surface area contributed by atoms with Gasteiger partial charge in [0.15, 0.2) is 0 Å². The third-order valence-corrected chi connectivity index (χ3v) is 5.81. The molecule has 110 valence electrons. The summed E-state index contributed by atoms with van der Waals surface area (Å²) in [5.41, 5.74) is 3.11. The van der Waals surface area contributed by atoms with Gasteiger partial charge in [0, 0.05) is 6.21 Å². The van der Waals surface area contributed by atoms with Crippen LogP contribution < -0.4 is 0 Å². The molecule has 0 amide bonds. The van der Waals surface area contributed by atoms with Gasteiger partial charge in [-0.15, -0.1) is 12.4 Å². The Morgan fingerprint density at radius 1 is 1.15 bits per heavy atom. The second kappa shape index (κ2) is 5.52. The number of aliphatic imine (C=N–C) groups is 1. The van der Waals surface area contributed by atoms with Crippen LogP contribution in [0.1, 0.15) is 44.7 Å². The van der Waals surface area contributed by atoms with E-state index in [0.717, 1.165) is 17.8 Å². The maximum Gasteiger partial charge on any atom is 0.0531 e. The average Bonchev–Trinajstić information content (AvgIpc) is 2.38. The Bertz CT molecular complexity index is 489. The van der Waals surface area contributed by atoms with Crippen LogP contribution in [0, 0.1) is 30.1 Å². The van der Waals surface area contributed by atoms with Crippen molar-refractivity contribution in [3.63, 3.8) is 0 Å². The van der Waals surface area contributed by atoms with E-state index in [0.29, 0.717) is 11.5 Å². The van der Waals surface area contributed by atoms with E-state index in [1.807, 2.05) is 0 Å². The zero-order chi connectivity index (χ0) is 13.6. The third kappa shape index (κ3) is 2.53. The molecular weight excluding hydrogens is 266 g/mol. The number of hydrogen-bond donors (Lipinski definition) is 0. The molecule has 1 aromatic carbocycles. The fourth-order valence-electron chi connectivity index (χ4n) is 4.15. The molecule has 4 rings (SSSR count). The molecule has 3 saturated carbocycles. The Balaban J connectivity index is 0.00000147. The molecule has 0 radical (unpaired) electrons. The smallest absolute Gasteiger partial charge is 0.0531 e. The first-order valence-corrected chi connectivity index (χ1v) is 7.58. The third-order valence-electron chi connectivity index (χ3n) is 5.81. The highest BCUT2D eigenvalue weighted by Crippen LogP contribution is 2.61. The zero-order valence-electron chi connectivity index (χ0n) is 13.0. The molecule has 2 heteroatoms. The molecule has 2 bridgehead atoms. The van der Waals surface area contributed by atoms with Crippen LogP contribution in [-0.2, 0) is 0 Å². The standard InChI is InChI=1S/C18H25N.ClH/c1-12-5-7-14(8-6-12)11-19-17-10-15-9-16(13(17)2)18(15,3)4;/h5-8,11,13,15-17H,9-10H2,1-4H3;1H/t13-,15+,16-,17-;/m1./s1. The van der Waals surface area contributed by atoms with Gasteiger partial charge in [-0.3, -0.25) is 4.99 Å². The van der Waals surface area contributed by atoms with E-state index >= 15 is 0 Å². The van der Waals surface area contributed by atoms with E-state index in [2.05, 4.69) is 58.2 Å². The number of rotatable bonds is 2. The van der Waals surface area contributed by atoms with Crippen molar-refractivity contribution in [1.29, 1.82) is 0 Å². The highest BCUT2D eigenvalue weighted by Gasteiger charge is 2.56. The van der Waals surface area contributed by atoms with Gasteiger partial charge in [0.05, 0.1) is 6.04 Å². The van der Waals surface area contributed by atoms with Crippen molar-refractivity contribution in [3.8, 4) is 0 Å². The maximum atomic E-state index is 4.89. The van der Waals surface area contributed by atoms with Gasteiger partial charge < -0.3 is 0 Å². The molecule has 0 saturated heterocycles. The van der Waals surface area contributed by atoms with Crippen molar-refractivity contribution >= 4 is 18.6 Å². The summed E-state index contributed by atoms with van der Waals surface area (Å²) in [5, 5.41) is 0. The van der Waals surface area contributed by atoms with Crippen LogP contribution in [0.15, 0.2) is 29.3 Å². The van der Waals surface area contributed by atoms with Gasteiger partial charge in [0.1, 0.15) is 0 Å². The lowest BCUT2D eigenvalue weighted by Crippen LogP contribution is -2.56. The van der Waals surface area contributed by atoms with Crippen LogP contribution in [0.3, 0.4) is 0 Å². The number of aryl methyl sites for hydroxylation is 1. The number of fused-ring (bicyclic) bond motifs is 2. The van der Waals surface area contributed by atoms with E-state index < -0.39 is 0 Å². The van der Waals surface area contributed by atoms with Crippen molar-refractivity contribution in [2.45, 2.75) is 46.6 Å². The highest BCUT2D eigenvalue weighted by atomic mass is 35.5. The summed E-state index contributed by atoms with van der Waals surface area (Å²) in [6.07, 6.45) is 4.80. The molecule has 0 N–H and O–H groups in total. The van der Waals surface area contributed by atoms with Crippen LogP contribution in [-0.4, -0.2) is 12.3 Å². The molecule has 0 heterocycles. The first-order chi connectivity index (χ1) is 8.98. The molecule has 1 aromatic rings. The lowest BCUT2D eigenvalue weighted by molar-refractivity contribution is -0.108. The second-order valence-electron chi connectivity index (χ2n) is 7.21. The van der Waals surface area contributed by atoms with Gasteiger partial charge in [-0.25, -0.2) is 0 Å². The van der Waals surface area contributed by atoms with Gasteiger partial charge >= 0.3 is 0 Å². The van der Waals surface area contributed by atoms with Crippen molar-refractivity contribution in [3.05, 3.63) is 35.4 Å². The van der Waals surface area contributed by atoms with Gasteiger partial charge in [-0.2, -0.15) is 0 Å². The van der Waals surface area contributed by atoms with E-state index in [1.165, 1.54) is 24.0 Å². The van der Waals surface area contributed by atoms with Gasteiger partial charge in [0.25, 0.3) is 0 Å². The van der Waals surface area contributed by atoms with Gasteiger partial charge in [-0.05, 0) is 48.5 Å². The first kappa shape index (κ1) is 15.6. The molecule has 0 aliphatic heterocycles.